The third-order valence-corrected chi connectivity index (χ3v) is 1.62. The van der Waals surface area contributed by atoms with Crippen LogP contribution in [-0.4, -0.2) is 4.98 Å². The predicted molar refractivity (Wildman–Crippen MR) is 43.4 cm³/mol. The highest BCUT2D eigenvalue weighted by Crippen LogP contribution is 2.11. The maximum absolute atomic E-state index is 13.0. The number of para-hydroxylation sites is 1. The zero-order valence-electron chi connectivity index (χ0n) is 6.10. The van der Waals surface area contributed by atoms with Crippen LogP contribution in [0.3, 0.4) is 0 Å². The summed E-state index contributed by atoms with van der Waals surface area (Å²) in [6.45, 7) is 0. The van der Waals surface area contributed by atoms with Gasteiger partial charge in [-0.25, -0.2) is 4.39 Å². The van der Waals surface area contributed by atoms with Crippen molar-refractivity contribution in [3.8, 4) is 0 Å². The molecule has 2 aromatic rings. The summed E-state index contributed by atoms with van der Waals surface area (Å²) < 4.78 is 13.0. The zero-order chi connectivity index (χ0) is 8.55. The van der Waals surface area contributed by atoms with Gasteiger partial charge >= 0.3 is 0 Å². The summed E-state index contributed by atoms with van der Waals surface area (Å²) in [6, 6.07) is 8.49. The summed E-state index contributed by atoms with van der Waals surface area (Å²) in [7, 11) is 0. The molecule has 0 bridgehead atoms. The topological polar surface area (TPSA) is 32.9 Å². The van der Waals surface area contributed by atoms with Crippen molar-refractivity contribution in [2.24, 2.45) is 0 Å². The number of H-pyrrole nitrogens is 1. The van der Waals surface area contributed by atoms with Crippen LogP contribution >= 0.6 is 0 Å². The maximum Gasteiger partial charge on any atom is 0.249 e. The fourth-order valence-electron chi connectivity index (χ4n) is 1.07. The predicted octanol–water partition coefficient (Wildman–Crippen LogP) is 1.47. The third kappa shape index (κ3) is 0.993. The van der Waals surface area contributed by atoms with Crippen molar-refractivity contribution in [2.75, 3.05) is 0 Å². The van der Waals surface area contributed by atoms with Crippen LogP contribution in [0.4, 0.5) is 4.39 Å². The van der Waals surface area contributed by atoms with Crippen LogP contribution < -0.4 is 5.56 Å². The molecule has 1 aromatic heterocycles. The van der Waals surface area contributed by atoms with Crippen LogP contribution in [0, 0.1) is 11.9 Å². The van der Waals surface area contributed by atoms with E-state index in [9.17, 15) is 9.18 Å². The highest BCUT2D eigenvalue weighted by molar-refractivity contribution is 5.77. The van der Waals surface area contributed by atoms with Crippen LogP contribution in [0.15, 0.2) is 29.1 Å². The average molecular weight is 162 g/mol. The van der Waals surface area contributed by atoms with E-state index < -0.39 is 5.82 Å². The van der Waals surface area contributed by atoms with Gasteiger partial charge in [-0.3, -0.25) is 4.79 Å². The summed E-state index contributed by atoms with van der Waals surface area (Å²) in [6.07, 6.45) is 0. The molecule has 0 aliphatic carbocycles. The Bertz CT molecular complexity index is 475. The van der Waals surface area contributed by atoms with Gasteiger partial charge in [-0.2, -0.15) is 0 Å². The van der Waals surface area contributed by atoms with Crippen LogP contribution in [0.2, 0.25) is 0 Å². The normalized spacial score (nSPS) is 10.4. The second-order valence-corrected chi connectivity index (χ2v) is 2.44. The number of aromatic nitrogens is 1. The number of halogens is 1. The molecule has 0 spiro atoms. The molecule has 0 fully saturated rings. The monoisotopic (exact) mass is 162 g/mol. The Kier molecular flexibility index (Phi) is 1.43. The van der Waals surface area contributed by atoms with Crippen molar-refractivity contribution >= 4 is 10.9 Å². The molecule has 1 heterocycles. The molecule has 0 saturated heterocycles. The molecule has 0 aliphatic heterocycles. The lowest BCUT2D eigenvalue weighted by Gasteiger charge is -1.95. The summed E-state index contributed by atoms with van der Waals surface area (Å²) in [5, 5.41) is 0.578. The molecule has 59 valence electrons. The molecule has 0 unspecified atom stereocenters. The number of nitrogens with one attached hydrogen (secondary N) is 1. The van der Waals surface area contributed by atoms with Gasteiger partial charge in [-0.15, -0.1) is 0 Å². The zero-order valence-corrected chi connectivity index (χ0v) is 6.10. The average Bonchev–Trinajstić information content (AvgIpc) is 2.07. The van der Waals surface area contributed by atoms with Crippen molar-refractivity contribution in [1.82, 2.24) is 4.98 Å². The Hall–Kier alpha value is -1.64. The smallest absolute Gasteiger partial charge is 0.249 e. The van der Waals surface area contributed by atoms with Crippen LogP contribution in [0.5, 0.6) is 0 Å². The largest absolute Gasteiger partial charge is 0.319 e. The number of pyridine rings is 1. The molecule has 0 atom stereocenters. The highest BCUT2D eigenvalue weighted by Gasteiger charge is 1.98. The Morgan fingerprint density at radius 3 is 3.08 bits per heavy atom. The van der Waals surface area contributed by atoms with E-state index in [1.807, 2.05) is 0 Å². The van der Waals surface area contributed by atoms with E-state index in [4.69, 9.17) is 0 Å². The highest BCUT2D eigenvalue weighted by atomic mass is 19.1. The van der Waals surface area contributed by atoms with E-state index in [0.717, 1.165) is 0 Å². The molecule has 3 heteroatoms. The first-order valence-corrected chi connectivity index (χ1v) is 3.46. The summed E-state index contributed by atoms with van der Waals surface area (Å²) in [5.74, 6) is -0.429. The van der Waals surface area contributed by atoms with E-state index in [2.05, 4.69) is 11.1 Å². The lowest BCUT2D eigenvalue weighted by atomic mass is 10.2. The van der Waals surface area contributed by atoms with Gasteiger partial charge in [-0.05, 0) is 12.1 Å². The van der Waals surface area contributed by atoms with Crippen molar-refractivity contribution < 1.29 is 4.39 Å². The number of hydrogen-bond acceptors (Lipinski definition) is 1. The van der Waals surface area contributed by atoms with Crippen molar-refractivity contribution in [3.05, 3.63) is 46.5 Å². The minimum atomic E-state index is -0.429. The minimum Gasteiger partial charge on any atom is -0.319 e. The Balaban J connectivity index is 2.97. The summed E-state index contributed by atoms with van der Waals surface area (Å²) in [4.78, 5) is 13.2. The van der Waals surface area contributed by atoms with Gasteiger partial charge in [-0.1, -0.05) is 12.1 Å². The molecule has 1 aromatic carbocycles. The molecule has 1 N–H and O–H groups in total. The van der Waals surface area contributed by atoms with Crippen molar-refractivity contribution in [1.29, 1.82) is 0 Å². The third-order valence-electron chi connectivity index (χ3n) is 1.62. The Morgan fingerprint density at radius 1 is 1.42 bits per heavy atom. The molecule has 0 saturated carbocycles. The quantitative estimate of drug-likeness (QED) is 0.625. The second-order valence-electron chi connectivity index (χ2n) is 2.44. The molecular weight excluding hydrogens is 157 g/mol. The van der Waals surface area contributed by atoms with Gasteiger partial charge in [0.25, 0.3) is 0 Å². The van der Waals surface area contributed by atoms with Gasteiger partial charge in [0.15, 0.2) is 0 Å². The molecule has 1 radical (unpaired) electrons. The van der Waals surface area contributed by atoms with Gasteiger partial charge < -0.3 is 4.98 Å². The standard InChI is InChI=1S/C9H5FNO/c10-7-3-1-2-6-4-5-8(12)11-9(6)7/h1-3,5H,(H,11,12). The molecule has 0 aliphatic rings. The lowest BCUT2D eigenvalue weighted by Crippen LogP contribution is -2.03. The Morgan fingerprint density at radius 2 is 2.25 bits per heavy atom. The number of hydrogen-bond donors (Lipinski definition) is 1. The van der Waals surface area contributed by atoms with Crippen LogP contribution in [0.25, 0.3) is 10.9 Å². The number of fused-ring (bicyclic) bond motifs is 1. The first-order valence-electron chi connectivity index (χ1n) is 3.46. The van der Waals surface area contributed by atoms with Gasteiger partial charge in [0.05, 0.1) is 5.52 Å². The van der Waals surface area contributed by atoms with Crippen molar-refractivity contribution in [3.63, 3.8) is 0 Å². The fraction of sp³-hybridized carbons (Fsp3) is 0. The molecule has 0 amide bonds. The molecule has 2 nitrogen and oxygen atoms in total. The molecule has 12 heavy (non-hydrogen) atoms. The summed E-state index contributed by atoms with van der Waals surface area (Å²) in [5.41, 5.74) is -0.127. The van der Waals surface area contributed by atoms with Crippen LogP contribution in [0.1, 0.15) is 0 Å². The number of rotatable bonds is 0. The SMILES string of the molecule is O=c1c[c]c2cccc(F)c2[nH]1. The first kappa shape index (κ1) is 7.03. The van der Waals surface area contributed by atoms with Gasteiger partial charge in [0.2, 0.25) is 5.56 Å². The number of benzene rings is 1. The lowest BCUT2D eigenvalue weighted by molar-refractivity contribution is 0.636. The second kappa shape index (κ2) is 2.44. The van der Waals surface area contributed by atoms with Crippen LogP contribution in [-0.2, 0) is 0 Å². The van der Waals surface area contributed by atoms with Gasteiger partial charge in [0.1, 0.15) is 5.82 Å². The molecule has 2 rings (SSSR count). The van der Waals surface area contributed by atoms with E-state index in [-0.39, 0.29) is 11.1 Å². The van der Waals surface area contributed by atoms with E-state index >= 15 is 0 Å². The first-order chi connectivity index (χ1) is 5.77. The maximum atomic E-state index is 13.0. The Labute approximate surface area is 67.7 Å². The number of aromatic amines is 1. The fourth-order valence-corrected chi connectivity index (χ4v) is 1.07. The molecular formula is C9H5FNO. The van der Waals surface area contributed by atoms with E-state index in [1.165, 1.54) is 12.1 Å². The minimum absolute atomic E-state index is 0.213. The van der Waals surface area contributed by atoms with E-state index in [1.54, 1.807) is 12.1 Å². The summed E-state index contributed by atoms with van der Waals surface area (Å²) >= 11 is 0. The van der Waals surface area contributed by atoms with Crippen molar-refractivity contribution in [2.45, 2.75) is 0 Å². The van der Waals surface area contributed by atoms with Gasteiger partial charge in [0, 0.05) is 11.5 Å². The van der Waals surface area contributed by atoms with E-state index in [0.29, 0.717) is 5.39 Å².